The minimum absolute atomic E-state index is 0.355. The van der Waals surface area contributed by atoms with Gasteiger partial charge in [-0.05, 0) is 61.6 Å². The van der Waals surface area contributed by atoms with Crippen molar-refractivity contribution in [3.8, 4) is 5.75 Å². The Hall–Kier alpha value is -1.96. The van der Waals surface area contributed by atoms with Gasteiger partial charge in [-0.2, -0.15) is 0 Å². The number of benzene rings is 2. The highest BCUT2D eigenvalue weighted by Gasteiger charge is 2.24. The summed E-state index contributed by atoms with van der Waals surface area (Å²) in [6.45, 7) is 2.11. The first kappa shape index (κ1) is 13.0. The van der Waals surface area contributed by atoms with Crippen LogP contribution in [0.3, 0.4) is 0 Å². The zero-order valence-electron chi connectivity index (χ0n) is 12.1. The summed E-state index contributed by atoms with van der Waals surface area (Å²) in [5.41, 5.74) is 5.16. The van der Waals surface area contributed by atoms with E-state index >= 15 is 0 Å². The smallest absolute Gasteiger partial charge is 0.115 e. The molecule has 0 bridgehead atoms. The molecule has 1 atom stereocenters. The van der Waals surface area contributed by atoms with E-state index < -0.39 is 0 Å². The second-order valence-electron chi connectivity index (χ2n) is 5.74. The molecule has 0 radical (unpaired) electrons. The van der Waals surface area contributed by atoms with Gasteiger partial charge in [0.25, 0.3) is 0 Å². The van der Waals surface area contributed by atoms with Crippen LogP contribution in [0.2, 0.25) is 0 Å². The maximum Gasteiger partial charge on any atom is 0.115 e. The Morgan fingerprint density at radius 3 is 2.60 bits per heavy atom. The number of aromatic hydroxyl groups is 1. The SMILES string of the molecule is Cc1ccc(N(C)C2CCCc3ccc(O)cc32)cc1. The summed E-state index contributed by atoms with van der Waals surface area (Å²) in [6, 6.07) is 14.8. The number of nitrogens with zero attached hydrogens (tertiary/aromatic N) is 1. The molecule has 2 heteroatoms. The molecular weight excluding hydrogens is 246 g/mol. The highest BCUT2D eigenvalue weighted by molar-refractivity contribution is 5.51. The zero-order chi connectivity index (χ0) is 14.1. The first-order chi connectivity index (χ1) is 9.65. The van der Waals surface area contributed by atoms with Crippen molar-refractivity contribution in [2.45, 2.75) is 32.2 Å². The Balaban J connectivity index is 1.95. The molecule has 1 aliphatic carbocycles. The van der Waals surface area contributed by atoms with Crippen molar-refractivity contribution in [3.63, 3.8) is 0 Å². The van der Waals surface area contributed by atoms with E-state index in [4.69, 9.17) is 0 Å². The quantitative estimate of drug-likeness (QED) is 0.881. The summed E-state index contributed by atoms with van der Waals surface area (Å²) in [6.07, 6.45) is 3.47. The molecule has 1 N–H and O–H groups in total. The van der Waals surface area contributed by atoms with Crippen LogP contribution in [-0.2, 0) is 6.42 Å². The number of fused-ring (bicyclic) bond motifs is 1. The predicted molar refractivity (Wildman–Crippen MR) is 83.4 cm³/mol. The van der Waals surface area contributed by atoms with Crippen LogP contribution in [0, 0.1) is 6.92 Å². The van der Waals surface area contributed by atoms with Crippen molar-refractivity contribution in [3.05, 3.63) is 59.2 Å². The van der Waals surface area contributed by atoms with Crippen LogP contribution in [0.25, 0.3) is 0 Å². The number of hydrogen-bond donors (Lipinski definition) is 1. The van der Waals surface area contributed by atoms with Crippen LogP contribution in [0.1, 0.15) is 35.6 Å². The molecule has 1 aliphatic rings. The lowest BCUT2D eigenvalue weighted by Gasteiger charge is -2.35. The van der Waals surface area contributed by atoms with Crippen molar-refractivity contribution in [2.24, 2.45) is 0 Å². The molecule has 1 unspecified atom stereocenters. The predicted octanol–water partition coefficient (Wildman–Crippen LogP) is 4.21. The first-order valence-electron chi connectivity index (χ1n) is 7.26. The van der Waals surface area contributed by atoms with Crippen LogP contribution in [-0.4, -0.2) is 12.2 Å². The molecule has 0 amide bonds. The van der Waals surface area contributed by atoms with Gasteiger partial charge in [0.05, 0.1) is 6.04 Å². The summed E-state index contributed by atoms with van der Waals surface area (Å²) in [4.78, 5) is 2.33. The van der Waals surface area contributed by atoms with E-state index in [2.05, 4.69) is 49.2 Å². The van der Waals surface area contributed by atoms with Gasteiger partial charge in [0.2, 0.25) is 0 Å². The lowest BCUT2D eigenvalue weighted by Crippen LogP contribution is -2.27. The fourth-order valence-electron chi connectivity index (χ4n) is 3.12. The number of hydrogen-bond acceptors (Lipinski definition) is 2. The molecule has 3 rings (SSSR count). The van der Waals surface area contributed by atoms with Gasteiger partial charge in [-0.3, -0.25) is 0 Å². The van der Waals surface area contributed by atoms with Crippen molar-refractivity contribution in [2.75, 3.05) is 11.9 Å². The standard InChI is InChI=1S/C18H21NO/c1-13-6-9-15(10-7-13)19(2)18-5-3-4-14-8-11-16(20)12-17(14)18/h6-12,18,20H,3-5H2,1-2H3. The average molecular weight is 267 g/mol. The molecule has 2 nitrogen and oxygen atoms in total. The summed E-state index contributed by atoms with van der Waals surface area (Å²) in [5, 5.41) is 9.78. The Morgan fingerprint density at radius 2 is 1.85 bits per heavy atom. The maximum atomic E-state index is 9.78. The van der Waals surface area contributed by atoms with Crippen molar-refractivity contribution >= 4 is 5.69 Å². The van der Waals surface area contributed by atoms with Crippen LogP contribution < -0.4 is 4.90 Å². The van der Waals surface area contributed by atoms with Gasteiger partial charge < -0.3 is 10.0 Å². The van der Waals surface area contributed by atoms with Crippen LogP contribution in [0.5, 0.6) is 5.75 Å². The van der Waals surface area contributed by atoms with Crippen molar-refractivity contribution in [1.82, 2.24) is 0 Å². The van der Waals surface area contributed by atoms with E-state index in [1.54, 1.807) is 6.07 Å². The van der Waals surface area contributed by atoms with E-state index in [1.165, 1.54) is 28.8 Å². The lowest BCUT2D eigenvalue weighted by atomic mass is 9.86. The van der Waals surface area contributed by atoms with Gasteiger partial charge in [0.15, 0.2) is 0 Å². The molecule has 0 saturated carbocycles. The Kier molecular flexibility index (Phi) is 3.39. The third-order valence-electron chi connectivity index (χ3n) is 4.32. The van der Waals surface area contributed by atoms with Gasteiger partial charge in [0.1, 0.15) is 5.75 Å². The van der Waals surface area contributed by atoms with Gasteiger partial charge in [-0.1, -0.05) is 23.8 Å². The Labute approximate surface area is 120 Å². The zero-order valence-corrected chi connectivity index (χ0v) is 12.1. The van der Waals surface area contributed by atoms with E-state index in [0.29, 0.717) is 11.8 Å². The molecule has 104 valence electrons. The molecule has 2 aromatic carbocycles. The summed E-state index contributed by atoms with van der Waals surface area (Å²) in [5.74, 6) is 0.368. The third-order valence-corrected chi connectivity index (χ3v) is 4.32. The first-order valence-corrected chi connectivity index (χ1v) is 7.26. The highest BCUT2D eigenvalue weighted by atomic mass is 16.3. The molecule has 0 fully saturated rings. The molecule has 0 aliphatic heterocycles. The molecule has 2 aromatic rings. The average Bonchev–Trinajstić information content (AvgIpc) is 2.46. The Morgan fingerprint density at radius 1 is 1.10 bits per heavy atom. The van der Waals surface area contributed by atoms with Crippen LogP contribution in [0.4, 0.5) is 5.69 Å². The van der Waals surface area contributed by atoms with E-state index in [0.717, 1.165) is 12.8 Å². The van der Waals surface area contributed by atoms with E-state index in [9.17, 15) is 5.11 Å². The Bertz CT molecular complexity index is 603. The normalized spacial score (nSPS) is 17.6. The lowest BCUT2D eigenvalue weighted by molar-refractivity contribution is 0.469. The van der Waals surface area contributed by atoms with E-state index in [-0.39, 0.29) is 0 Å². The molecular formula is C18H21NO. The highest BCUT2D eigenvalue weighted by Crippen LogP contribution is 2.37. The van der Waals surface area contributed by atoms with Crippen LogP contribution in [0.15, 0.2) is 42.5 Å². The number of rotatable bonds is 2. The van der Waals surface area contributed by atoms with Crippen molar-refractivity contribution in [1.29, 1.82) is 0 Å². The molecule has 0 spiro atoms. The molecule has 0 saturated heterocycles. The number of phenols is 1. The topological polar surface area (TPSA) is 23.5 Å². The number of phenolic OH excluding ortho intramolecular Hbond substituents is 1. The van der Waals surface area contributed by atoms with Gasteiger partial charge >= 0.3 is 0 Å². The minimum atomic E-state index is 0.355. The third kappa shape index (κ3) is 2.38. The van der Waals surface area contributed by atoms with Crippen LogP contribution >= 0.6 is 0 Å². The second kappa shape index (κ2) is 5.20. The summed E-state index contributed by atoms with van der Waals surface area (Å²) < 4.78 is 0. The largest absolute Gasteiger partial charge is 0.508 e. The summed E-state index contributed by atoms with van der Waals surface area (Å²) >= 11 is 0. The maximum absolute atomic E-state index is 9.78. The molecule has 0 aromatic heterocycles. The summed E-state index contributed by atoms with van der Waals surface area (Å²) in [7, 11) is 2.15. The second-order valence-corrected chi connectivity index (χ2v) is 5.74. The monoisotopic (exact) mass is 267 g/mol. The van der Waals surface area contributed by atoms with Gasteiger partial charge in [-0.25, -0.2) is 0 Å². The minimum Gasteiger partial charge on any atom is -0.508 e. The van der Waals surface area contributed by atoms with Crippen molar-refractivity contribution < 1.29 is 5.11 Å². The fraction of sp³-hybridized carbons (Fsp3) is 0.333. The fourth-order valence-corrected chi connectivity index (χ4v) is 3.12. The van der Waals surface area contributed by atoms with Gasteiger partial charge in [-0.15, -0.1) is 0 Å². The van der Waals surface area contributed by atoms with Gasteiger partial charge in [0, 0.05) is 12.7 Å². The molecule has 20 heavy (non-hydrogen) atoms. The number of anilines is 1. The van der Waals surface area contributed by atoms with E-state index in [1.807, 2.05) is 6.07 Å². The molecule has 0 heterocycles. The number of aryl methyl sites for hydroxylation is 2.